The molecule has 1 aliphatic rings. The van der Waals surface area contributed by atoms with Crippen LogP contribution in [0.25, 0.3) is 0 Å². The number of rotatable bonds is 3. The number of hydrogen-bond acceptors (Lipinski definition) is 4. The Balaban J connectivity index is 2.74. The third-order valence-electron chi connectivity index (χ3n) is 4.79. The van der Waals surface area contributed by atoms with Crippen LogP contribution in [0.2, 0.25) is 0 Å². The lowest BCUT2D eigenvalue weighted by molar-refractivity contribution is -0.114. The zero-order valence-electron chi connectivity index (χ0n) is 15.7. The minimum absolute atomic E-state index is 0.00754. The average Bonchev–Trinajstić information content (AvgIpc) is 2.67. The summed E-state index contributed by atoms with van der Waals surface area (Å²) in [5.74, 6) is -0.130. The number of carbonyl (C=O) groups excluding carboxylic acids is 1. The van der Waals surface area contributed by atoms with E-state index < -0.39 is 0 Å². The van der Waals surface area contributed by atoms with E-state index in [1.165, 1.54) is 24.3 Å². The summed E-state index contributed by atoms with van der Waals surface area (Å²) in [6.45, 7) is 12.2. The molecule has 1 amide bonds. The first kappa shape index (κ1) is 18.5. The van der Waals surface area contributed by atoms with Crippen LogP contribution >= 0.6 is 0 Å². The first-order chi connectivity index (χ1) is 11.5. The Hall–Kier alpha value is -2.79. The number of hydrogen-bond donors (Lipinski definition) is 2. The molecule has 130 valence electrons. The Bertz CT molecular complexity index is 832. The molecule has 0 aromatic heterocycles. The van der Waals surface area contributed by atoms with Crippen LogP contribution < -0.4 is 10.6 Å². The van der Waals surface area contributed by atoms with E-state index in [9.17, 15) is 4.79 Å². The summed E-state index contributed by atoms with van der Waals surface area (Å²) in [7, 11) is 0. The van der Waals surface area contributed by atoms with Gasteiger partial charge >= 0.3 is 0 Å². The van der Waals surface area contributed by atoms with Crippen molar-refractivity contribution in [3.8, 4) is 12.1 Å². The van der Waals surface area contributed by atoms with Gasteiger partial charge in [0.05, 0.1) is 0 Å². The molecule has 0 bridgehead atoms. The molecule has 1 aromatic carbocycles. The van der Waals surface area contributed by atoms with Crippen molar-refractivity contribution in [2.45, 2.75) is 58.8 Å². The van der Waals surface area contributed by atoms with Gasteiger partial charge in [-0.25, -0.2) is 0 Å². The summed E-state index contributed by atoms with van der Waals surface area (Å²) in [6, 6.07) is 5.78. The number of allylic oxidation sites excluding steroid dienone is 1. The highest BCUT2D eigenvalue weighted by Crippen LogP contribution is 2.54. The summed E-state index contributed by atoms with van der Waals surface area (Å²) in [5, 5.41) is 24.0. The summed E-state index contributed by atoms with van der Waals surface area (Å²) >= 11 is 0. The molecule has 2 rings (SSSR count). The Morgan fingerprint density at radius 3 is 2.32 bits per heavy atom. The van der Waals surface area contributed by atoms with Gasteiger partial charge in [-0.15, -0.1) is 0 Å². The van der Waals surface area contributed by atoms with E-state index in [2.05, 4.69) is 44.4 Å². The van der Waals surface area contributed by atoms with Crippen molar-refractivity contribution in [2.75, 3.05) is 10.6 Å². The van der Waals surface area contributed by atoms with Crippen molar-refractivity contribution in [1.29, 1.82) is 10.5 Å². The van der Waals surface area contributed by atoms with Crippen LogP contribution in [0.3, 0.4) is 0 Å². The predicted molar refractivity (Wildman–Crippen MR) is 99.1 cm³/mol. The number of nitriles is 2. The first-order valence-electron chi connectivity index (χ1n) is 8.26. The minimum atomic E-state index is -0.130. The van der Waals surface area contributed by atoms with E-state index in [4.69, 9.17) is 10.5 Å². The Morgan fingerprint density at radius 1 is 1.20 bits per heavy atom. The second-order valence-electron chi connectivity index (χ2n) is 7.90. The van der Waals surface area contributed by atoms with Crippen LogP contribution in [0, 0.1) is 29.6 Å². The van der Waals surface area contributed by atoms with Crippen molar-refractivity contribution in [1.82, 2.24) is 0 Å². The molecule has 0 unspecified atom stereocenters. The summed E-state index contributed by atoms with van der Waals surface area (Å²) in [4.78, 5) is 11.6. The van der Waals surface area contributed by atoms with Gasteiger partial charge in [0.2, 0.25) is 5.91 Å². The van der Waals surface area contributed by atoms with Crippen LogP contribution in [0.15, 0.2) is 17.8 Å². The maximum atomic E-state index is 11.6. The van der Waals surface area contributed by atoms with Gasteiger partial charge in [-0.3, -0.25) is 4.79 Å². The predicted octanol–water partition coefficient (Wildman–Crippen LogP) is 4.26. The van der Waals surface area contributed by atoms with Crippen molar-refractivity contribution >= 4 is 17.3 Å². The number of nitrogens with one attached hydrogen (secondary N) is 2. The molecule has 0 saturated heterocycles. The smallest absolute Gasteiger partial charge is 0.221 e. The maximum absolute atomic E-state index is 11.6. The van der Waals surface area contributed by atoms with E-state index in [-0.39, 0.29) is 22.3 Å². The summed E-state index contributed by atoms with van der Waals surface area (Å²) in [6.07, 6.45) is 2.40. The third kappa shape index (κ3) is 3.37. The first-order valence-corrected chi connectivity index (χ1v) is 8.26. The summed E-state index contributed by atoms with van der Waals surface area (Å²) < 4.78 is 0. The molecule has 5 nitrogen and oxygen atoms in total. The molecule has 5 heteroatoms. The van der Waals surface area contributed by atoms with Crippen LogP contribution in [0.1, 0.15) is 57.7 Å². The monoisotopic (exact) mass is 336 g/mol. The number of nitrogens with zero attached hydrogens (tertiary/aromatic N) is 2. The fraction of sp³-hybridized carbons (Fsp3) is 0.450. The molecule has 0 atom stereocenters. The van der Waals surface area contributed by atoms with Crippen molar-refractivity contribution in [2.24, 2.45) is 0 Å². The second kappa shape index (κ2) is 6.26. The van der Waals surface area contributed by atoms with Crippen molar-refractivity contribution in [3.63, 3.8) is 0 Å². The van der Waals surface area contributed by atoms with Crippen LogP contribution in [0.4, 0.5) is 11.4 Å². The molecule has 0 radical (unpaired) electrons. The standard InChI is InChI=1S/C20H24N4O/c1-12-16(24-13(2)25)7-15-17(20(5,6)11-19(15,3)4)18(12)23-10-14(8-21)9-22/h7,10,23H,11H2,1-6H3,(H,24,25). The van der Waals surface area contributed by atoms with E-state index >= 15 is 0 Å². The maximum Gasteiger partial charge on any atom is 0.221 e. The molecule has 0 fully saturated rings. The Labute approximate surface area is 149 Å². The number of carbonyl (C=O) groups is 1. The molecule has 1 aliphatic carbocycles. The van der Waals surface area contributed by atoms with Gasteiger partial charge in [0.25, 0.3) is 0 Å². The molecule has 0 spiro atoms. The van der Waals surface area contributed by atoms with E-state index in [0.717, 1.165) is 23.4 Å². The van der Waals surface area contributed by atoms with Crippen molar-refractivity contribution in [3.05, 3.63) is 34.5 Å². The second-order valence-corrected chi connectivity index (χ2v) is 7.90. The lowest BCUT2D eigenvalue weighted by Crippen LogP contribution is -2.18. The van der Waals surface area contributed by atoms with Crippen LogP contribution in [-0.2, 0) is 15.6 Å². The molecule has 0 saturated carbocycles. The average molecular weight is 336 g/mol. The van der Waals surface area contributed by atoms with Crippen LogP contribution in [-0.4, -0.2) is 5.91 Å². The third-order valence-corrected chi connectivity index (χ3v) is 4.79. The van der Waals surface area contributed by atoms with E-state index in [0.29, 0.717) is 0 Å². The number of benzene rings is 1. The van der Waals surface area contributed by atoms with Gasteiger partial charge in [0.1, 0.15) is 17.7 Å². The lowest BCUT2D eigenvalue weighted by Gasteiger charge is -2.25. The fourth-order valence-corrected chi connectivity index (χ4v) is 4.04. The van der Waals surface area contributed by atoms with Gasteiger partial charge in [-0.1, -0.05) is 27.7 Å². The Kier molecular flexibility index (Phi) is 4.64. The zero-order chi connectivity index (χ0) is 19.0. The van der Waals surface area contributed by atoms with Gasteiger partial charge in [0, 0.05) is 24.5 Å². The highest BCUT2D eigenvalue weighted by atomic mass is 16.1. The molecule has 2 N–H and O–H groups in total. The molecule has 25 heavy (non-hydrogen) atoms. The largest absolute Gasteiger partial charge is 0.359 e. The molecule has 1 aromatic rings. The Morgan fingerprint density at radius 2 is 1.80 bits per heavy atom. The minimum Gasteiger partial charge on any atom is -0.359 e. The molecular weight excluding hydrogens is 312 g/mol. The van der Waals surface area contributed by atoms with Crippen molar-refractivity contribution < 1.29 is 4.79 Å². The SMILES string of the molecule is CC(=O)Nc1cc2c(c(NC=C(C#N)C#N)c1C)C(C)(C)CC2(C)C. The molecule has 0 aliphatic heterocycles. The van der Waals surface area contributed by atoms with E-state index in [1.54, 1.807) is 0 Å². The van der Waals surface area contributed by atoms with E-state index in [1.807, 2.05) is 19.1 Å². The lowest BCUT2D eigenvalue weighted by atomic mass is 9.81. The topological polar surface area (TPSA) is 88.7 Å². The highest BCUT2D eigenvalue weighted by molar-refractivity contribution is 5.92. The fourth-order valence-electron chi connectivity index (χ4n) is 4.04. The highest BCUT2D eigenvalue weighted by Gasteiger charge is 2.44. The van der Waals surface area contributed by atoms with Gasteiger partial charge in [0.15, 0.2) is 0 Å². The zero-order valence-corrected chi connectivity index (χ0v) is 15.7. The molecule has 0 heterocycles. The number of anilines is 2. The molecular formula is C20H24N4O. The number of amides is 1. The summed E-state index contributed by atoms with van der Waals surface area (Å²) in [5.41, 5.74) is 4.78. The van der Waals surface area contributed by atoms with Crippen LogP contribution in [0.5, 0.6) is 0 Å². The van der Waals surface area contributed by atoms with Gasteiger partial charge < -0.3 is 10.6 Å². The van der Waals surface area contributed by atoms with Gasteiger partial charge in [-0.05, 0) is 46.9 Å². The quantitative estimate of drug-likeness (QED) is 0.807. The van der Waals surface area contributed by atoms with Gasteiger partial charge in [-0.2, -0.15) is 10.5 Å². The number of fused-ring (bicyclic) bond motifs is 1. The normalized spacial score (nSPS) is 16.2.